The van der Waals surface area contributed by atoms with Crippen LogP contribution in [0, 0.1) is 6.92 Å². The average Bonchev–Trinajstić information content (AvgIpc) is 3.26. The lowest BCUT2D eigenvalue weighted by Crippen LogP contribution is -2.48. The SMILES string of the molecule is Cc1ccc(CNC(=O)N2CCC(C)(c3noc(C4CCOCC4)n3)CC2)cc1. The molecule has 1 aromatic heterocycles. The number of carbonyl (C=O) groups is 1. The molecule has 7 nitrogen and oxygen atoms in total. The third-order valence-corrected chi connectivity index (χ3v) is 6.27. The zero-order valence-corrected chi connectivity index (χ0v) is 17.3. The molecule has 2 aliphatic rings. The maximum Gasteiger partial charge on any atom is 0.317 e. The van der Waals surface area contributed by atoms with Crippen molar-refractivity contribution >= 4 is 6.03 Å². The first kappa shape index (κ1) is 19.9. The smallest absolute Gasteiger partial charge is 0.317 e. The number of hydrogen-bond acceptors (Lipinski definition) is 5. The number of nitrogens with zero attached hydrogens (tertiary/aromatic N) is 3. The van der Waals surface area contributed by atoms with Crippen LogP contribution in [0.3, 0.4) is 0 Å². The zero-order valence-electron chi connectivity index (χ0n) is 17.3. The summed E-state index contributed by atoms with van der Waals surface area (Å²) in [7, 11) is 0. The van der Waals surface area contributed by atoms with Crippen molar-refractivity contribution < 1.29 is 14.1 Å². The number of amides is 2. The Morgan fingerprint density at radius 1 is 1.21 bits per heavy atom. The van der Waals surface area contributed by atoms with Crippen LogP contribution in [-0.4, -0.2) is 47.4 Å². The molecule has 0 atom stereocenters. The summed E-state index contributed by atoms with van der Waals surface area (Å²) >= 11 is 0. The number of aryl methyl sites for hydroxylation is 1. The summed E-state index contributed by atoms with van der Waals surface area (Å²) < 4.78 is 11.0. The van der Waals surface area contributed by atoms with Crippen LogP contribution in [0.25, 0.3) is 0 Å². The van der Waals surface area contributed by atoms with Crippen LogP contribution in [0.1, 0.15) is 61.4 Å². The number of likely N-dealkylation sites (tertiary alicyclic amines) is 1. The average molecular weight is 399 g/mol. The van der Waals surface area contributed by atoms with Gasteiger partial charge in [0.1, 0.15) is 0 Å². The van der Waals surface area contributed by atoms with Gasteiger partial charge in [-0.3, -0.25) is 0 Å². The first-order chi connectivity index (χ1) is 14.0. The molecule has 2 amide bonds. The summed E-state index contributed by atoms with van der Waals surface area (Å²) in [5.41, 5.74) is 2.18. The first-order valence-electron chi connectivity index (χ1n) is 10.5. The Kier molecular flexibility index (Phi) is 5.85. The van der Waals surface area contributed by atoms with Gasteiger partial charge in [0.15, 0.2) is 5.82 Å². The van der Waals surface area contributed by atoms with Crippen LogP contribution in [0.2, 0.25) is 0 Å². The highest BCUT2D eigenvalue weighted by Gasteiger charge is 2.38. The lowest BCUT2D eigenvalue weighted by atomic mass is 9.79. The van der Waals surface area contributed by atoms with Gasteiger partial charge < -0.3 is 19.5 Å². The van der Waals surface area contributed by atoms with Gasteiger partial charge in [0, 0.05) is 44.2 Å². The maximum absolute atomic E-state index is 12.5. The van der Waals surface area contributed by atoms with E-state index in [0.29, 0.717) is 25.6 Å². The molecule has 2 fully saturated rings. The van der Waals surface area contributed by atoms with Crippen molar-refractivity contribution in [3.63, 3.8) is 0 Å². The fourth-order valence-corrected chi connectivity index (χ4v) is 4.01. The van der Waals surface area contributed by atoms with E-state index < -0.39 is 0 Å². The molecule has 0 saturated carbocycles. The fourth-order valence-electron chi connectivity index (χ4n) is 4.01. The van der Waals surface area contributed by atoms with Crippen molar-refractivity contribution in [2.75, 3.05) is 26.3 Å². The van der Waals surface area contributed by atoms with Crippen molar-refractivity contribution in [1.82, 2.24) is 20.4 Å². The van der Waals surface area contributed by atoms with Gasteiger partial charge in [0.05, 0.1) is 0 Å². The Morgan fingerprint density at radius 2 is 1.90 bits per heavy atom. The normalized spacial score (nSPS) is 19.9. The number of hydrogen-bond donors (Lipinski definition) is 1. The third-order valence-electron chi connectivity index (χ3n) is 6.27. The Labute approximate surface area is 171 Å². The second-order valence-corrected chi connectivity index (χ2v) is 8.53. The fraction of sp³-hybridized carbons (Fsp3) is 0.591. The van der Waals surface area contributed by atoms with Crippen LogP contribution in [0.15, 0.2) is 28.8 Å². The molecule has 2 aliphatic heterocycles. The van der Waals surface area contributed by atoms with Gasteiger partial charge in [-0.05, 0) is 38.2 Å². The molecule has 29 heavy (non-hydrogen) atoms. The molecule has 1 N–H and O–H groups in total. The molecular formula is C22H30N4O3. The highest BCUT2D eigenvalue weighted by Crippen LogP contribution is 2.35. The number of ether oxygens (including phenoxy) is 1. The van der Waals surface area contributed by atoms with Crippen LogP contribution in [0.5, 0.6) is 0 Å². The van der Waals surface area contributed by atoms with Crippen LogP contribution in [0.4, 0.5) is 4.79 Å². The van der Waals surface area contributed by atoms with Gasteiger partial charge in [-0.15, -0.1) is 0 Å². The molecule has 0 spiro atoms. The predicted octanol–water partition coefficient (Wildman–Crippen LogP) is 3.54. The number of carbonyl (C=O) groups excluding carboxylic acids is 1. The highest BCUT2D eigenvalue weighted by molar-refractivity contribution is 5.74. The van der Waals surface area contributed by atoms with Gasteiger partial charge in [0.25, 0.3) is 0 Å². The lowest BCUT2D eigenvalue weighted by Gasteiger charge is -2.37. The van der Waals surface area contributed by atoms with Crippen molar-refractivity contribution in [2.45, 2.75) is 57.4 Å². The minimum absolute atomic E-state index is 0.0105. The summed E-state index contributed by atoms with van der Waals surface area (Å²) in [6.45, 7) is 7.68. The Balaban J connectivity index is 1.30. The van der Waals surface area contributed by atoms with E-state index in [0.717, 1.165) is 56.2 Å². The van der Waals surface area contributed by atoms with E-state index in [9.17, 15) is 4.79 Å². The van der Waals surface area contributed by atoms with Gasteiger partial charge in [-0.25, -0.2) is 4.79 Å². The highest BCUT2D eigenvalue weighted by atomic mass is 16.5. The number of urea groups is 1. The van der Waals surface area contributed by atoms with E-state index >= 15 is 0 Å². The number of piperidine rings is 1. The van der Waals surface area contributed by atoms with Gasteiger partial charge in [0.2, 0.25) is 5.89 Å². The van der Waals surface area contributed by atoms with E-state index in [1.54, 1.807) is 0 Å². The van der Waals surface area contributed by atoms with Crippen LogP contribution in [-0.2, 0) is 16.7 Å². The monoisotopic (exact) mass is 398 g/mol. The molecular weight excluding hydrogens is 368 g/mol. The number of benzene rings is 1. The molecule has 0 bridgehead atoms. The van der Waals surface area contributed by atoms with Gasteiger partial charge in [-0.2, -0.15) is 4.98 Å². The maximum atomic E-state index is 12.5. The second-order valence-electron chi connectivity index (χ2n) is 8.53. The van der Waals surface area contributed by atoms with E-state index in [2.05, 4.69) is 48.6 Å². The molecule has 1 aromatic carbocycles. The molecule has 0 radical (unpaired) electrons. The molecule has 4 rings (SSSR count). The summed E-state index contributed by atoms with van der Waals surface area (Å²) in [5, 5.41) is 7.32. The number of rotatable bonds is 4. The summed E-state index contributed by atoms with van der Waals surface area (Å²) in [6.07, 6.45) is 3.54. The molecule has 2 aromatic rings. The van der Waals surface area contributed by atoms with E-state index in [1.807, 2.05) is 4.90 Å². The topological polar surface area (TPSA) is 80.5 Å². The molecule has 0 aliphatic carbocycles. The van der Waals surface area contributed by atoms with Crippen molar-refractivity contribution in [1.29, 1.82) is 0 Å². The second kappa shape index (κ2) is 8.53. The number of nitrogens with one attached hydrogen (secondary N) is 1. The van der Waals surface area contributed by atoms with Crippen LogP contribution >= 0.6 is 0 Å². The third kappa shape index (κ3) is 4.61. The molecule has 0 unspecified atom stereocenters. The minimum atomic E-state index is -0.152. The van der Waals surface area contributed by atoms with E-state index in [4.69, 9.17) is 14.2 Å². The lowest BCUT2D eigenvalue weighted by molar-refractivity contribution is 0.0778. The van der Waals surface area contributed by atoms with Crippen molar-refractivity contribution in [2.24, 2.45) is 0 Å². The zero-order chi connectivity index (χ0) is 20.3. The largest absolute Gasteiger partial charge is 0.381 e. The Bertz CT molecular complexity index is 819. The van der Waals surface area contributed by atoms with Gasteiger partial charge >= 0.3 is 6.03 Å². The molecule has 2 saturated heterocycles. The number of aromatic nitrogens is 2. The molecule has 156 valence electrons. The van der Waals surface area contributed by atoms with Crippen molar-refractivity contribution in [3.8, 4) is 0 Å². The predicted molar refractivity (Wildman–Crippen MR) is 109 cm³/mol. The quantitative estimate of drug-likeness (QED) is 0.852. The first-order valence-corrected chi connectivity index (χ1v) is 10.5. The van der Waals surface area contributed by atoms with Crippen molar-refractivity contribution in [3.05, 3.63) is 47.1 Å². The Morgan fingerprint density at radius 3 is 2.59 bits per heavy atom. The van der Waals surface area contributed by atoms with E-state index in [-0.39, 0.29) is 11.4 Å². The molecule has 3 heterocycles. The van der Waals surface area contributed by atoms with E-state index in [1.165, 1.54) is 5.56 Å². The standard InChI is InChI=1S/C22H30N4O3/c1-16-3-5-17(6-4-16)15-23-21(27)26-11-9-22(2,10-12-26)20-24-19(29-25-20)18-7-13-28-14-8-18/h3-6,18H,7-15H2,1-2H3,(H,23,27). The Hall–Kier alpha value is -2.41. The summed E-state index contributed by atoms with van der Waals surface area (Å²) in [6, 6.07) is 8.22. The minimum Gasteiger partial charge on any atom is -0.381 e. The molecule has 7 heteroatoms. The summed E-state index contributed by atoms with van der Waals surface area (Å²) in [4.78, 5) is 19.2. The van der Waals surface area contributed by atoms with Crippen LogP contribution < -0.4 is 5.32 Å². The van der Waals surface area contributed by atoms with Gasteiger partial charge in [-0.1, -0.05) is 41.9 Å². The summed E-state index contributed by atoms with van der Waals surface area (Å²) in [5.74, 6) is 1.82.